The van der Waals surface area contributed by atoms with Crippen LogP contribution in [-0.2, 0) is 10.1 Å². The van der Waals surface area contributed by atoms with Gasteiger partial charge in [-0.1, -0.05) is 28.1 Å². The zero-order valence-electron chi connectivity index (χ0n) is 11.5. The van der Waals surface area contributed by atoms with Crippen molar-refractivity contribution in [2.75, 3.05) is 0 Å². The Kier molecular flexibility index (Phi) is 4.20. The van der Waals surface area contributed by atoms with Crippen LogP contribution in [0.3, 0.4) is 0 Å². The zero-order chi connectivity index (χ0) is 14.9. The lowest BCUT2D eigenvalue weighted by Gasteiger charge is -2.12. The molecule has 0 unspecified atom stereocenters. The number of benzene rings is 2. The summed E-state index contributed by atoms with van der Waals surface area (Å²) in [6.45, 7) is 5.65. The molecule has 2 rings (SSSR count). The van der Waals surface area contributed by atoms with E-state index >= 15 is 0 Å². The minimum Gasteiger partial charge on any atom is -0.379 e. The quantitative estimate of drug-likeness (QED) is 0.777. The maximum atomic E-state index is 12.4. The third-order valence-corrected chi connectivity index (χ3v) is 5.17. The molecule has 0 radical (unpaired) electrons. The van der Waals surface area contributed by atoms with Gasteiger partial charge in [0.1, 0.15) is 10.6 Å². The van der Waals surface area contributed by atoms with Crippen LogP contribution in [0.5, 0.6) is 5.75 Å². The highest BCUT2D eigenvalue weighted by atomic mass is 79.9. The number of hydrogen-bond donors (Lipinski definition) is 0. The molecule has 0 heterocycles. The molecule has 0 aromatic heterocycles. The fraction of sp³-hybridized carbons (Fsp3) is 0.200. The maximum Gasteiger partial charge on any atom is 0.339 e. The van der Waals surface area contributed by atoms with E-state index in [-0.39, 0.29) is 10.6 Å². The first kappa shape index (κ1) is 15.1. The van der Waals surface area contributed by atoms with Crippen molar-refractivity contribution in [3.63, 3.8) is 0 Å². The number of halogens is 1. The molecule has 0 fully saturated rings. The summed E-state index contributed by atoms with van der Waals surface area (Å²) in [6.07, 6.45) is 0. The van der Waals surface area contributed by atoms with Gasteiger partial charge < -0.3 is 4.18 Å². The van der Waals surface area contributed by atoms with E-state index in [1.54, 1.807) is 43.3 Å². The summed E-state index contributed by atoms with van der Waals surface area (Å²) < 4.78 is 30.7. The van der Waals surface area contributed by atoms with E-state index in [0.717, 1.165) is 21.2 Å². The van der Waals surface area contributed by atoms with Gasteiger partial charge in [-0.3, -0.25) is 0 Å². The van der Waals surface area contributed by atoms with Crippen molar-refractivity contribution in [3.8, 4) is 5.75 Å². The van der Waals surface area contributed by atoms with Crippen molar-refractivity contribution in [2.45, 2.75) is 25.7 Å². The molecule has 0 spiro atoms. The molecular weight excluding hydrogens is 340 g/mol. The average molecular weight is 355 g/mol. The Bertz CT molecular complexity index is 752. The SMILES string of the molecule is Cc1ccc(S(=O)(=O)Oc2cccc(Br)c2)c(C)c1C. The van der Waals surface area contributed by atoms with E-state index in [9.17, 15) is 8.42 Å². The molecule has 2 aromatic carbocycles. The van der Waals surface area contributed by atoms with Gasteiger partial charge in [-0.15, -0.1) is 0 Å². The second-order valence-corrected chi connectivity index (χ2v) is 7.06. The molecule has 3 nitrogen and oxygen atoms in total. The average Bonchev–Trinajstić information content (AvgIpc) is 2.35. The summed E-state index contributed by atoms with van der Waals surface area (Å²) in [5.74, 6) is 0.289. The molecule has 5 heteroatoms. The van der Waals surface area contributed by atoms with Gasteiger partial charge in [0.05, 0.1) is 0 Å². The van der Waals surface area contributed by atoms with Gasteiger partial charge >= 0.3 is 10.1 Å². The first-order valence-corrected chi connectivity index (χ1v) is 8.28. The van der Waals surface area contributed by atoms with Gasteiger partial charge in [-0.2, -0.15) is 8.42 Å². The van der Waals surface area contributed by atoms with E-state index in [0.29, 0.717) is 0 Å². The highest BCUT2D eigenvalue weighted by Gasteiger charge is 2.20. The molecule has 0 bridgehead atoms. The smallest absolute Gasteiger partial charge is 0.339 e. The van der Waals surface area contributed by atoms with Gasteiger partial charge in [0.25, 0.3) is 0 Å². The van der Waals surface area contributed by atoms with Gasteiger partial charge in [0.15, 0.2) is 0 Å². The maximum absolute atomic E-state index is 12.4. The monoisotopic (exact) mass is 354 g/mol. The van der Waals surface area contributed by atoms with Crippen LogP contribution in [0.4, 0.5) is 0 Å². The Morgan fingerprint density at radius 2 is 1.70 bits per heavy atom. The van der Waals surface area contributed by atoms with Crippen molar-refractivity contribution < 1.29 is 12.6 Å². The zero-order valence-corrected chi connectivity index (χ0v) is 13.9. The highest BCUT2D eigenvalue weighted by molar-refractivity contribution is 9.10. The standard InChI is InChI=1S/C15H15BrO3S/c1-10-7-8-15(12(3)11(10)2)20(17,18)19-14-6-4-5-13(16)9-14/h4-9H,1-3H3. The van der Waals surface area contributed by atoms with E-state index in [1.807, 2.05) is 13.8 Å². The van der Waals surface area contributed by atoms with E-state index in [4.69, 9.17) is 4.18 Å². The summed E-state index contributed by atoms with van der Waals surface area (Å²) in [6, 6.07) is 10.1. The number of hydrogen-bond acceptors (Lipinski definition) is 3. The predicted octanol–water partition coefficient (Wildman–Crippen LogP) is 4.14. The largest absolute Gasteiger partial charge is 0.379 e. The van der Waals surface area contributed by atoms with Crippen LogP contribution in [0.1, 0.15) is 16.7 Å². The molecule has 2 aromatic rings. The van der Waals surface area contributed by atoms with Crippen LogP contribution in [0.15, 0.2) is 45.8 Å². The van der Waals surface area contributed by atoms with E-state index in [1.165, 1.54) is 0 Å². The lowest BCUT2D eigenvalue weighted by atomic mass is 10.1. The van der Waals surface area contributed by atoms with E-state index < -0.39 is 10.1 Å². The van der Waals surface area contributed by atoms with Gasteiger partial charge in [-0.25, -0.2) is 0 Å². The van der Waals surface area contributed by atoms with Crippen LogP contribution in [0, 0.1) is 20.8 Å². The topological polar surface area (TPSA) is 43.4 Å². The van der Waals surface area contributed by atoms with Crippen LogP contribution >= 0.6 is 15.9 Å². The number of aryl methyl sites for hydroxylation is 1. The summed E-state index contributed by atoms with van der Waals surface area (Å²) in [5, 5.41) is 0. The molecule has 0 saturated carbocycles. The first-order valence-electron chi connectivity index (χ1n) is 6.08. The molecular formula is C15H15BrO3S. The summed E-state index contributed by atoms with van der Waals surface area (Å²) in [7, 11) is -3.82. The second kappa shape index (κ2) is 5.58. The molecule has 0 aliphatic rings. The fourth-order valence-electron chi connectivity index (χ4n) is 1.89. The Morgan fingerprint density at radius 3 is 2.35 bits per heavy atom. The Balaban J connectivity index is 2.44. The minimum atomic E-state index is -3.82. The van der Waals surface area contributed by atoms with Gasteiger partial charge in [0, 0.05) is 4.47 Å². The minimum absolute atomic E-state index is 0.209. The fourth-order valence-corrected chi connectivity index (χ4v) is 3.48. The molecule has 0 N–H and O–H groups in total. The third kappa shape index (κ3) is 3.04. The molecule has 0 atom stereocenters. The third-order valence-electron chi connectivity index (χ3n) is 3.28. The van der Waals surface area contributed by atoms with Gasteiger partial charge in [-0.05, 0) is 61.7 Å². The molecule has 0 amide bonds. The van der Waals surface area contributed by atoms with Crippen molar-refractivity contribution in [1.29, 1.82) is 0 Å². The Labute approximate surface area is 127 Å². The normalized spacial score (nSPS) is 11.4. The van der Waals surface area contributed by atoms with Crippen LogP contribution in [0.25, 0.3) is 0 Å². The molecule has 20 heavy (non-hydrogen) atoms. The van der Waals surface area contributed by atoms with Crippen molar-refractivity contribution in [3.05, 3.63) is 57.6 Å². The lowest BCUT2D eigenvalue weighted by Crippen LogP contribution is -2.12. The second-order valence-electron chi connectivity index (χ2n) is 4.63. The van der Waals surface area contributed by atoms with Crippen LogP contribution in [-0.4, -0.2) is 8.42 Å². The van der Waals surface area contributed by atoms with E-state index in [2.05, 4.69) is 15.9 Å². The summed E-state index contributed by atoms with van der Waals surface area (Å²) in [4.78, 5) is 0.209. The predicted molar refractivity (Wildman–Crippen MR) is 82.6 cm³/mol. The van der Waals surface area contributed by atoms with Crippen molar-refractivity contribution >= 4 is 26.0 Å². The lowest BCUT2D eigenvalue weighted by molar-refractivity contribution is 0.485. The highest BCUT2D eigenvalue weighted by Crippen LogP contribution is 2.26. The van der Waals surface area contributed by atoms with Crippen LogP contribution in [0.2, 0.25) is 0 Å². The van der Waals surface area contributed by atoms with Crippen molar-refractivity contribution in [1.82, 2.24) is 0 Å². The molecule has 0 saturated heterocycles. The Hall–Kier alpha value is -1.33. The molecule has 0 aliphatic carbocycles. The first-order chi connectivity index (χ1) is 9.31. The van der Waals surface area contributed by atoms with Gasteiger partial charge in [0.2, 0.25) is 0 Å². The van der Waals surface area contributed by atoms with Crippen LogP contribution < -0.4 is 4.18 Å². The summed E-state index contributed by atoms with van der Waals surface area (Å²) >= 11 is 3.29. The number of rotatable bonds is 3. The Morgan fingerprint density at radius 1 is 1.00 bits per heavy atom. The molecule has 106 valence electrons. The van der Waals surface area contributed by atoms with Crippen molar-refractivity contribution in [2.24, 2.45) is 0 Å². The summed E-state index contributed by atoms with van der Waals surface area (Å²) in [5.41, 5.74) is 2.74. The molecule has 0 aliphatic heterocycles.